The average molecular weight is 251 g/mol. The van der Waals surface area contributed by atoms with Crippen molar-refractivity contribution in [1.82, 2.24) is 0 Å². The molecule has 0 aromatic rings. The van der Waals surface area contributed by atoms with Gasteiger partial charge < -0.3 is 0 Å². The van der Waals surface area contributed by atoms with Crippen molar-refractivity contribution in [3.05, 3.63) is 21.3 Å². The van der Waals surface area contributed by atoms with Gasteiger partial charge in [0.2, 0.25) is 0 Å². The van der Waals surface area contributed by atoms with Crippen molar-refractivity contribution >= 4 is 0 Å². The van der Waals surface area contributed by atoms with E-state index in [9.17, 15) is 5.11 Å². The maximum atomic E-state index is 9.25. The molecule has 1 aliphatic rings. The normalized spacial score (nSPS) is 22.3. The minimum absolute atomic E-state index is 0.272. The van der Waals surface area contributed by atoms with Gasteiger partial charge in [0.1, 0.15) is 0 Å². The monoisotopic (exact) mass is 251 g/mol. The van der Waals surface area contributed by atoms with E-state index < -0.39 is 0 Å². The number of allylic oxidation sites excluding steroid dienone is 1. The van der Waals surface area contributed by atoms with E-state index in [1.807, 2.05) is 6.92 Å². The second kappa shape index (κ2) is 3.53. The van der Waals surface area contributed by atoms with Gasteiger partial charge in [0, 0.05) is 0 Å². The second-order valence-electron chi connectivity index (χ2n) is 2.49. The van der Waals surface area contributed by atoms with Gasteiger partial charge in [-0.25, -0.2) is 0 Å². The second-order valence-corrected chi connectivity index (χ2v) is 4.85. The Kier molecular flexibility index (Phi) is 2.92. The number of aliphatic hydroxyl groups is 1. The van der Waals surface area contributed by atoms with Crippen molar-refractivity contribution in [1.29, 1.82) is 0 Å². The first-order chi connectivity index (χ1) is 4.72. The molecule has 0 aliphatic carbocycles. The standard InChI is InChI=1S/C8H12IO/c1-6-5-9-4-3-8(6)7(2)10/h3-4,7,10H,5H2,1-2H3/q-1/t7-/m0/s1. The van der Waals surface area contributed by atoms with E-state index in [2.05, 4.69) is 17.1 Å². The summed E-state index contributed by atoms with van der Waals surface area (Å²) >= 11 is 0.272. The number of halogens is 1. The van der Waals surface area contributed by atoms with Crippen molar-refractivity contribution in [2.75, 3.05) is 4.43 Å². The van der Waals surface area contributed by atoms with Gasteiger partial charge in [-0.3, -0.25) is 0 Å². The summed E-state index contributed by atoms with van der Waals surface area (Å²) in [4.78, 5) is 0. The number of alkyl halides is 1. The van der Waals surface area contributed by atoms with Crippen LogP contribution >= 0.6 is 0 Å². The van der Waals surface area contributed by atoms with E-state index in [0.29, 0.717) is 0 Å². The number of hydrogen-bond acceptors (Lipinski definition) is 1. The Hall–Kier alpha value is 0.170. The summed E-state index contributed by atoms with van der Waals surface area (Å²) in [7, 11) is 0. The third kappa shape index (κ3) is 1.83. The summed E-state index contributed by atoms with van der Waals surface area (Å²) in [5.74, 6) is 0. The molecule has 2 heteroatoms. The Labute approximate surface area is 72.1 Å². The quantitative estimate of drug-likeness (QED) is 0.435. The zero-order chi connectivity index (χ0) is 7.56. The van der Waals surface area contributed by atoms with E-state index in [1.54, 1.807) is 0 Å². The van der Waals surface area contributed by atoms with Crippen LogP contribution in [0.5, 0.6) is 0 Å². The fourth-order valence-corrected chi connectivity index (χ4v) is 2.98. The number of rotatable bonds is 1. The summed E-state index contributed by atoms with van der Waals surface area (Å²) in [5, 5.41) is 9.25. The third-order valence-corrected chi connectivity index (χ3v) is 4.00. The van der Waals surface area contributed by atoms with Crippen LogP contribution < -0.4 is 21.2 Å². The van der Waals surface area contributed by atoms with Crippen LogP contribution in [0.3, 0.4) is 0 Å². The molecule has 0 spiro atoms. The third-order valence-electron chi connectivity index (χ3n) is 1.55. The minimum atomic E-state index is -0.277. The first kappa shape index (κ1) is 8.27. The summed E-state index contributed by atoms with van der Waals surface area (Å²) in [5.41, 5.74) is 2.51. The first-order valence-corrected chi connectivity index (χ1v) is 6.11. The predicted molar refractivity (Wildman–Crippen MR) is 38.4 cm³/mol. The average Bonchev–Trinajstić information content (AvgIpc) is 1.88. The maximum absolute atomic E-state index is 9.25. The van der Waals surface area contributed by atoms with E-state index >= 15 is 0 Å². The molecule has 1 aliphatic heterocycles. The Morgan fingerprint density at radius 3 is 2.80 bits per heavy atom. The van der Waals surface area contributed by atoms with Crippen molar-refractivity contribution in [2.45, 2.75) is 20.0 Å². The van der Waals surface area contributed by atoms with Crippen molar-refractivity contribution < 1.29 is 26.3 Å². The Balaban J connectivity index is 2.79. The van der Waals surface area contributed by atoms with Crippen LogP contribution in [0.4, 0.5) is 0 Å². The molecular weight excluding hydrogens is 239 g/mol. The van der Waals surface area contributed by atoms with Crippen LogP contribution in [-0.2, 0) is 0 Å². The van der Waals surface area contributed by atoms with E-state index in [-0.39, 0.29) is 27.3 Å². The Bertz CT molecular complexity index is 180. The van der Waals surface area contributed by atoms with Crippen LogP contribution in [-0.4, -0.2) is 15.6 Å². The molecule has 1 heterocycles. The SMILES string of the molecule is CC1=C([C@H](C)O)C=C[I-]C1. The number of hydrogen-bond donors (Lipinski definition) is 1. The summed E-state index contributed by atoms with van der Waals surface area (Å²) in [6.45, 7) is 3.94. The van der Waals surface area contributed by atoms with Crippen molar-refractivity contribution in [3.8, 4) is 0 Å². The molecule has 0 bridgehead atoms. The van der Waals surface area contributed by atoms with Gasteiger partial charge >= 0.3 is 72.0 Å². The molecule has 1 rings (SSSR count). The number of aliphatic hydroxyl groups excluding tert-OH is 1. The van der Waals surface area contributed by atoms with E-state index in [1.165, 1.54) is 10.0 Å². The molecule has 0 aromatic carbocycles. The molecule has 0 fully saturated rings. The topological polar surface area (TPSA) is 20.2 Å². The molecule has 0 aromatic heterocycles. The predicted octanol–water partition coefficient (Wildman–Crippen LogP) is -1.70. The molecule has 1 nitrogen and oxygen atoms in total. The Morgan fingerprint density at radius 1 is 1.70 bits per heavy atom. The molecule has 0 radical (unpaired) electrons. The fraction of sp³-hybridized carbons (Fsp3) is 0.500. The van der Waals surface area contributed by atoms with Crippen LogP contribution in [0.1, 0.15) is 13.8 Å². The zero-order valence-electron chi connectivity index (χ0n) is 6.26. The molecule has 0 saturated carbocycles. The van der Waals surface area contributed by atoms with Crippen molar-refractivity contribution in [2.24, 2.45) is 0 Å². The molecule has 58 valence electrons. The van der Waals surface area contributed by atoms with Gasteiger partial charge in [-0.2, -0.15) is 0 Å². The molecule has 0 saturated heterocycles. The van der Waals surface area contributed by atoms with Gasteiger partial charge in [0.15, 0.2) is 0 Å². The molecule has 1 atom stereocenters. The van der Waals surface area contributed by atoms with Gasteiger partial charge in [-0.1, -0.05) is 0 Å². The molecule has 0 amide bonds. The van der Waals surface area contributed by atoms with Crippen molar-refractivity contribution in [3.63, 3.8) is 0 Å². The van der Waals surface area contributed by atoms with Crippen LogP contribution in [0.15, 0.2) is 21.3 Å². The fourth-order valence-electron chi connectivity index (χ4n) is 0.988. The Morgan fingerprint density at radius 2 is 2.40 bits per heavy atom. The van der Waals surface area contributed by atoms with Crippen LogP contribution in [0.25, 0.3) is 0 Å². The summed E-state index contributed by atoms with van der Waals surface area (Å²) < 4.78 is 3.45. The molecule has 10 heavy (non-hydrogen) atoms. The van der Waals surface area contributed by atoms with E-state index in [0.717, 1.165) is 5.57 Å². The summed E-state index contributed by atoms with van der Waals surface area (Å²) in [6, 6.07) is 0. The molecular formula is C8H12IO-. The molecule has 1 N–H and O–H groups in total. The van der Waals surface area contributed by atoms with Gasteiger partial charge in [-0.05, 0) is 0 Å². The van der Waals surface area contributed by atoms with Crippen LogP contribution in [0.2, 0.25) is 0 Å². The summed E-state index contributed by atoms with van der Waals surface area (Å²) in [6.07, 6.45) is 1.80. The first-order valence-electron chi connectivity index (χ1n) is 3.34. The molecule has 0 unspecified atom stereocenters. The van der Waals surface area contributed by atoms with Gasteiger partial charge in [0.05, 0.1) is 0 Å². The zero-order valence-corrected chi connectivity index (χ0v) is 8.42. The van der Waals surface area contributed by atoms with E-state index in [4.69, 9.17) is 0 Å². The van der Waals surface area contributed by atoms with Gasteiger partial charge in [-0.15, -0.1) is 0 Å². The van der Waals surface area contributed by atoms with Gasteiger partial charge in [0.25, 0.3) is 0 Å². The van der Waals surface area contributed by atoms with Crippen LogP contribution in [0, 0.1) is 0 Å².